The van der Waals surface area contributed by atoms with Gasteiger partial charge in [0.05, 0.1) is 6.04 Å². The number of hydrogen-bond acceptors (Lipinski definition) is 9. The number of carbonyl (C=O) groups excluding carboxylic acids is 4. The maximum absolute atomic E-state index is 12.6. The topological polar surface area (TPSA) is 232 Å². The minimum absolute atomic E-state index is 0.0820. The third-order valence-corrected chi connectivity index (χ3v) is 4.71. The molecule has 0 spiro atoms. The molecule has 0 rings (SSSR count). The fourth-order valence-electron chi connectivity index (χ4n) is 2.90. The Balaban J connectivity index is 4.88. The Hall–Kier alpha value is -2.64. The Morgan fingerprint density at radius 3 is 2.12 bits per heavy atom. The van der Waals surface area contributed by atoms with Crippen molar-refractivity contribution in [2.45, 2.75) is 63.5 Å². The molecule has 0 aliphatic carbocycles. The SMILES string of the molecule is NCCCCCN(CC(=O)N[C@@H](CCCCN)COC(N)=O)C(=O)OC[C@H](N)CCC(N)=O. The van der Waals surface area contributed by atoms with Gasteiger partial charge in [0.2, 0.25) is 11.8 Å². The summed E-state index contributed by atoms with van der Waals surface area (Å²) in [6.07, 6.45) is 2.95. The third-order valence-electron chi connectivity index (χ3n) is 4.71. The molecule has 0 unspecified atom stereocenters. The smallest absolute Gasteiger partial charge is 0.410 e. The molecule has 0 saturated carbocycles. The first-order valence-electron chi connectivity index (χ1n) is 11.3. The molecule has 13 nitrogen and oxygen atoms in total. The highest BCUT2D eigenvalue weighted by atomic mass is 16.6. The first kappa shape index (κ1) is 30.4. The largest absolute Gasteiger partial charge is 0.448 e. The van der Waals surface area contributed by atoms with Crippen LogP contribution in [0.25, 0.3) is 0 Å². The fourth-order valence-corrected chi connectivity index (χ4v) is 2.90. The number of amides is 4. The molecule has 0 saturated heterocycles. The van der Waals surface area contributed by atoms with Gasteiger partial charge in [-0.05, 0) is 45.2 Å². The Kier molecular flexibility index (Phi) is 17.4. The van der Waals surface area contributed by atoms with Gasteiger partial charge >= 0.3 is 12.2 Å². The van der Waals surface area contributed by atoms with E-state index in [2.05, 4.69) is 5.32 Å². The van der Waals surface area contributed by atoms with Crippen LogP contribution in [0.2, 0.25) is 0 Å². The van der Waals surface area contributed by atoms with Gasteiger partial charge < -0.3 is 43.5 Å². The van der Waals surface area contributed by atoms with Crippen LogP contribution in [-0.2, 0) is 19.1 Å². The number of primary amides is 2. The van der Waals surface area contributed by atoms with Crippen LogP contribution in [0.5, 0.6) is 0 Å². The van der Waals surface area contributed by atoms with Gasteiger partial charge in [0.15, 0.2) is 0 Å². The van der Waals surface area contributed by atoms with E-state index in [4.69, 9.17) is 38.1 Å². The van der Waals surface area contributed by atoms with Crippen molar-refractivity contribution < 1.29 is 28.7 Å². The van der Waals surface area contributed by atoms with Crippen molar-refractivity contribution in [1.29, 1.82) is 0 Å². The molecule has 33 heavy (non-hydrogen) atoms. The normalized spacial score (nSPS) is 12.5. The number of rotatable bonds is 19. The van der Waals surface area contributed by atoms with Gasteiger partial charge in [-0.25, -0.2) is 9.59 Å². The molecule has 13 heteroatoms. The van der Waals surface area contributed by atoms with Crippen LogP contribution < -0.4 is 34.0 Å². The lowest BCUT2D eigenvalue weighted by Crippen LogP contribution is -2.47. The number of hydrogen-bond donors (Lipinski definition) is 6. The zero-order chi connectivity index (χ0) is 25.1. The Bertz CT molecular complexity index is 593. The van der Waals surface area contributed by atoms with Crippen molar-refractivity contribution in [2.75, 3.05) is 39.4 Å². The highest BCUT2D eigenvalue weighted by Crippen LogP contribution is 2.05. The van der Waals surface area contributed by atoms with Crippen LogP contribution in [-0.4, -0.2) is 80.4 Å². The van der Waals surface area contributed by atoms with Gasteiger partial charge in [0, 0.05) is 19.0 Å². The van der Waals surface area contributed by atoms with Crippen LogP contribution in [0, 0.1) is 0 Å². The van der Waals surface area contributed by atoms with E-state index in [1.54, 1.807) is 0 Å². The second-order valence-electron chi connectivity index (χ2n) is 7.79. The highest BCUT2D eigenvalue weighted by Gasteiger charge is 2.22. The predicted molar refractivity (Wildman–Crippen MR) is 123 cm³/mol. The molecular formula is C20H41N7O6. The van der Waals surface area contributed by atoms with Crippen molar-refractivity contribution in [3.63, 3.8) is 0 Å². The van der Waals surface area contributed by atoms with E-state index in [0.29, 0.717) is 32.5 Å². The molecule has 0 heterocycles. The zero-order valence-corrected chi connectivity index (χ0v) is 19.3. The van der Waals surface area contributed by atoms with Crippen molar-refractivity contribution in [3.05, 3.63) is 0 Å². The first-order valence-corrected chi connectivity index (χ1v) is 11.3. The van der Waals surface area contributed by atoms with E-state index in [-0.39, 0.29) is 32.6 Å². The molecule has 0 bridgehead atoms. The molecular weight excluding hydrogens is 434 g/mol. The van der Waals surface area contributed by atoms with Crippen LogP contribution in [0.1, 0.15) is 51.4 Å². The summed E-state index contributed by atoms with van der Waals surface area (Å²) in [4.78, 5) is 48.2. The van der Waals surface area contributed by atoms with Gasteiger partial charge in [-0.15, -0.1) is 0 Å². The summed E-state index contributed by atoms with van der Waals surface area (Å²) in [5.74, 6) is -0.925. The molecule has 2 atom stereocenters. The molecule has 0 fully saturated rings. The Morgan fingerprint density at radius 1 is 0.848 bits per heavy atom. The standard InChI is InChI=1S/C20H41N7O6/c21-9-3-1-5-11-27(20(31)33-13-15(23)7-8-17(24)28)12-18(29)26-16(6-2-4-10-22)14-32-19(25)30/h15-16H,1-14,21-23H2,(H2,24,28)(H2,25,30)(H,26,29)/t15-,16+/m1/s1. The van der Waals surface area contributed by atoms with Crippen LogP contribution >= 0.6 is 0 Å². The molecule has 0 aliphatic heterocycles. The predicted octanol–water partition coefficient (Wildman–Crippen LogP) is -1.14. The summed E-state index contributed by atoms with van der Waals surface area (Å²) >= 11 is 0. The van der Waals surface area contributed by atoms with Crippen LogP contribution in [0.4, 0.5) is 9.59 Å². The maximum atomic E-state index is 12.6. The number of nitrogens with one attached hydrogen (secondary N) is 1. The monoisotopic (exact) mass is 475 g/mol. The average Bonchev–Trinajstić information content (AvgIpc) is 2.76. The third kappa shape index (κ3) is 17.6. The van der Waals surface area contributed by atoms with Gasteiger partial charge in [0.1, 0.15) is 19.8 Å². The quantitative estimate of drug-likeness (QED) is 0.124. The average molecular weight is 476 g/mol. The summed E-state index contributed by atoms with van der Waals surface area (Å²) in [5.41, 5.74) is 26.9. The summed E-state index contributed by atoms with van der Waals surface area (Å²) in [5, 5.41) is 2.76. The zero-order valence-electron chi connectivity index (χ0n) is 19.3. The molecule has 0 radical (unpaired) electrons. The fraction of sp³-hybridized carbons (Fsp3) is 0.800. The minimum atomic E-state index is -0.939. The number of nitrogens with two attached hydrogens (primary N) is 5. The highest BCUT2D eigenvalue weighted by molar-refractivity contribution is 5.82. The van der Waals surface area contributed by atoms with Gasteiger partial charge in [0.25, 0.3) is 0 Å². The summed E-state index contributed by atoms with van der Waals surface area (Å²) in [6, 6.07) is -1.01. The molecule has 0 aromatic carbocycles. The van der Waals surface area contributed by atoms with Crippen molar-refractivity contribution in [3.8, 4) is 0 Å². The number of unbranched alkanes of at least 4 members (excludes halogenated alkanes) is 3. The van der Waals surface area contributed by atoms with E-state index < -0.39 is 36.1 Å². The van der Waals surface area contributed by atoms with Crippen LogP contribution in [0.3, 0.4) is 0 Å². The van der Waals surface area contributed by atoms with E-state index >= 15 is 0 Å². The molecule has 192 valence electrons. The molecule has 0 aromatic rings. The van der Waals surface area contributed by atoms with Crippen molar-refractivity contribution >= 4 is 24.0 Å². The maximum Gasteiger partial charge on any atom is 0.410 e. The Labute approximate surface area is 195 Å². The van der Waals surface area contributed by atoms with E-state index in [1.807, 2.05) is 0 Å². The summed E-state index contributed by atoms with van der Waals surface area (Å²) in [6.45, 7) is 0.883. The molecule has 11 N–H and O–H groups in total. The molecule has 0 aromatic heterocycles. The Morgan fingerprint density at radius 2 is 1.52 bits per heavy atom. The van der Waals surface area contributed by atoms with Crippen molar-refractivity contribution in [2.24, 2.45) is 28.7 Å². The molecule has 0 aliphatic rings. The lowest BCUT2D eigenvalue weighted by molar-refractivity contribution is -0.123. The summed E-state index contributed by atoms with van der Waals surface area (Å²) < 4.78 is 10.0. The second kappa shape index (κ2) is 18.9. The lowest BCUT2D eigenvalue weighted by Gasteiger charge is -2.24. The van der Waals surface area contributed by atoms with Crippen LogP contribution in [0.15, 0.2) is 0 Å². The van der Waals surface area contributed by atoms with E-state index in [0.717, 1.165) is 25.7 Å². The summed E-state index contributed by atoms with van der Waals surface area (Å²) in [7, 11) is 0. The number of nitrogens with zero attached hydrogens (tertiary/aromatic N) is 1. The van der Waals surface area contributed by atoms with Gasteiger partial charge in [-0.1, -0.05) is 12.8 Å². The van der Waals surface area contributed by atoms with E-state index in [9.17, 15) is 19.2 Å². The van der Waals surface area contributed by atoms with Crippen molar-refractivity contribution in [1.82, 2.24) is 10.2 Å². The number of ether oxygens (including phenoxy) is 2. The number of carbonyl (C=O) groups is 4. The first-order chi connectivity index (χ1) is 15.7. The minimum Gasteiger partial charge on any atom is -0.448 e. The lowest BCUT2D eigenvalue weighted by atomic mass is 10.1. The van der Waals surface area contributed by atoms with Gasteiger partial charge in [-0.2, -0.15) is 0 Å². The molecule has 4 amide bonds. The van der Waals surface area contributed by atoms with Gasteiger partial charge in [-0.3, -0.25) is 14.5 Å². The second-order valence-corrected chi connectivity index (χ2v) is 7.79. The van der Waals surface area contributed by atoms with E-state index in [1.165, 1.54) is 4.90 Å².